The van der Waals surface area contributed by atoms with Gasteiger partial charge in [-0.1, -0.05) is 17.7 Å². The van der Waals surface area contributed by atoms with E-state index in [4.69, 9.17) is 4.42 Å². The van der Waals surface area contributed by atoms with Crippen molar-refractivity contribution < 1.29 is 17.9 Å². The number of rotatable bonds is 2. The molecule has 21 heavy (non-hydrogen) atoms. The summed E-state index contributed by atoms with van der Waals surface area (Å²) in [7, 11) is -5.40. The van der Waals surface area contributed by atoms with Crippen LogP contribution in [0.15, 0.2) is 44.7 Å². The summed E-state index contributed by atoms with van der Waals surface area (Å²) in [4.78, 5) is 0.0658. The second-order valence-electron chi connectivity index (χ2n) is 4.89. The van der Waals surface area contributed by atoms with Crippen LogP contribution in [0.3, 0.4) is 0 Å². The summed E-state index contributed by atoms with van der Waals surface area (Å²) < 4.78 is 31.1. The number of hydrazone groups is 1. The maximum atomic E-state index is 12.5. The van der Waals surface area contributed by atoms with E-state index in [0.29, 0.717) is 15.6 Å². The van der Waals surface area contributed by atoms with Crippen molar-refractivity contribution in [3.05, 3.63) is 47.2 Å². The number of hydrogen-bond acceptors (Lipinski definition) is 5. The highest BCUT2D eigenvalue weighted by atomic mass is 32.2. The van der Waals surface area contributed by atoms with Gasteiger partial charge >= 0.3 is 7.05 Å². The molecule has 1 aromatic heterocycles. The van der Waals surface area contributed by atoms with E-state index in [1.54, 1.807) is 25.1 Å². The highest BCUT2D eigenvalue weighted by molar-refractivity contribution is 7.90. The van der Waals surface area contributed by atoms with Crippen LogP contribution in [-0.2, 0) is 10.0 Å². The molecule has 0 unspecified atom stereocenters. The number of aryl methyl sites for hydroxylation is 2. The van der Waals surface area contributed by atoms with Crippen molar-refractivity contribution in [3.8, 4) is 0 Å². The smallest absolute Gasteiger partial charge is 0.470 e. The van der Waals surface area contributed by atoms with Crippen molar-refractivity contribution in [1.82, 2.24) is 4.33 Å². The van der Waals surface area contributed by atoms with Gasteiger partial charge < -0.3 is 9.44 Å². The van der Waals surface area contributed by atoms with Crippen molar-refractivity contribution >= 4 is 28.9 Å². The van der Waals surface area contributed by atoms with E-state index in [2.05, 4.69) is 5.10 Å². The minimum absolute atomic E-state index is 0.0658. The van der Waals surface area contributed by atoms with Gasteiger partial charge in [0.15, 0.2) is 0 Å². The third-order valence-electron chi connectivity index (χ3n) is 3.23. The molecule has 1 aromatic carbocycles. The lowest BCUT2D eigenvalue weighted by molar-refractivity contribution is 0.455. The van der Waals surface area contributed by atoms with Gasteiger partial charge in [-0.25, -0.2) is 8.42 Å². The van der Waals surface area contributed by atoms with Crippen molar-refractivity contribution in [2.24, 2.45) is 5.10 Å². The van der Waals surface area contributed by atoms with E-state index in [9.17, 15) is 13.4 Å². The van der Waals surface area contributed by atoms with Gasteiger partial charge in [-0.05, 0) is 32.0 Å². The molecule has 0 bridgehead atoms. The molecule has 8 heteroatoms. The SMILES string of the molecule is Cc1ccc(S(=O)(=O)N2N=Cc3cc(C)oc3B2O)cc1. The molecule has 1 N–H and O–H groups in total. The summed E-state index contributed by atoms with van der Waals surface area (Å²) in [5.41, 5.74) is 1.70. The molecule has 1 aliphatic rings. The fourth-order valence-electron chi connectivity index (χ4n) is 2.15. The van der Waals surface area contributed by atoms with Gasteiger partial charge in [0.2, 0.25) is 0 Å². The van der Waals surface area contributed by atoms with Crippen molar-refractivity contribution in [1.29, 1.82) is 0 Å². The summed E-state index contributed by atoms with van der Waals surface area (Å²) in [6.07, 6.45) is 1.37. The van der Waals surface area contributed by atoms with Crippen LogP contribution in [0.2, 0.25) is 0 Å². The Hall–Kier alpha value is -2.06. The number of furan rings is 1. The minimum Gasteiger partial charge on any atom is -0.470 e. The van der Waals surface area contributed by atoms with Gasteiger partial charge in [0.1, 0.15) is 11.4 Å². The topological polar surface area (TPSA) is 83.1 Å². The standard InChI is InChI=1S/C13H13BN2O4S/c1-9-3-5-12(6-4-9)21(18,19)16-14(17)13-11(8-15-16)7-10(2)20-13/h3-8,17H,1-2H3. The van der Waals surface area contributed by atoms with Crippen LogP contribution in [0.1, 0.15) is 16.9 Å². The first-order valence-electron chi connectivity index (χ1n) is 6.33. The van der Waals surface area contributed by atoms with Crippen LogP contribution in [0.4, 0.5) is 0 Å². The van der Waals surface area contributed by atoms with Crippen LogP contribution >= 0.6 is 0 Å². The van der Waals surface area contributed by atoms with Gasteiger partial charge in [0.25, 0.3) is 10.0 Å². The van der Waals surface area contributed by atoms with Crippen LogP contribution in [-0.4, -0.2) is 31.0 Å². The zero-order chi connectivity index (χ0) is 15.2. The molecule has 0 radical (unpaired) electrons. The summed E-state index contributed by atoms with van der Waals surface area (Å²) in [6, 6.07) is 8.04. The molecule has 3 rings (SSSR count). The zero-order valence-electron chi connectivity index (χ0n) is 11.5. The number of hydrogen-bond donors (Lipinski definition) is 1. The highest BCUT2D eigenvalue weighted by Crippen LogP contribution is 2.20. The largest absolute Gasteiger partial charge is 0.520 e. The molecule has 108 valence electrons. The van der Waals surface area contributed by atoms with E-state index in [0.717, 1.165) is 5.56 Å². The average molecular weight is 304 g/mol. The lowest BCUT2D eigenvalue weighted by atomic mass is 9.78. The van der Waals surface area contributed by atoms with Gasteiger partial charge in [-0.2, -0.15) is 9.43 Å². The van der Waals surface area contributed by atoms with Gasteiger partial charge in [0.05, 0.1) is 11.1 Å². The Labute approximate surface area is 122 Å². The fraction of sp³-hybridized carbons (Fsp3) is 0.154. The van der Waals surface area contributed by atoms with Crippen molar-refractivity contribution in [2.75, 3.05) is 0 Å². The average Bonchev–Trinajstić information content (AvgIpc) is 2.81. The van der Waals surface area contributed by atoms with Gasteiger partial charge in [-0.15, -0.1) is 0 Å². The fourth-order valence-corrected chi connectivity index (χ4v) is 3.37. The predicted octanol–water partition coefficient (Wildman–Crippen LogP) is 0.622. The molecule has 2 heterocycles. The second-order valence-corrected chi connectivity index (χ2v) is 6.68. The van der Waals surface area contributed by atoms with Crippen LogP contribution < -0.4 is 5.66 Å². The summed E-state index contributed by atoms with van der Waals surface area (Å²) in [5, 5.41) is 14.1. The zero-order valence-corrected chi connectivity index (χ0v) is 12.3. The van der Waals surface area contributed by atoms with E-state index < -0.39 is 17.1 Å². The first kappa shape index (κ1) is 13.9. The number of sulfonamides is 1. The third-order valence-corrected chi connectivity index (χ3v) is 4.89. The lowest BCUT2D eigenvalue weighted by Gasteiger charge is -2.23. The molecule has 1 aliphatic heterocycles. The Morgan fingerprint density at radius 1 is 1.24 bits per heavy atom. The molecule has 0 fully saturated rings. The van der Waals surface area contributed by atoms with E-state index in [1.165, 1.54) is 18.3 Å². The number of nitrogens with zero attached hydrogens (tertiary/aromatic N) is 2. The second kappa shape index (κ2) is 4.75. The summed E-state index contributed by atoms with van der Waals surface area (Å²) >= 11 is 0. The van der Waals surface area contributed by atoms with Crippen LogP contribution in [0.25, 0.3) is 0 Å². The van der Waals surface area contributed by atoms with Crippen molar-refractivity contribution in [3.63, 3.8) is 0 Å². The number of fused-ring (bicyclic) bond motifs is 1. The first-order valence-corrected chi connectivity index (χ1v) is 7.77. The molecule has 2 aromatic rings. The Kier molecular flexibility index (Phi) is 3.14. The minimum atomic E-state index is -3.94. The highest BCUT2D eigenvalue weighted by Gasteiger charge is 2.41. The molecule has 6 nitrogen and oxygen atoms in total. The Morgan fingerprint density at radius 3 is 2.57 bits per heavy atom. The molecule has 0 atom stereocenters. The van der Waals surface area contributed by atoms with Crippen LogP contribution in [0, 0.1) is 13.8 Å². The number of benzene rings is 1. The maximum Gasteiger partial charge on any atom is 0.520 e. The van der Waals surface area contributed by atoms with Crippen LogP contribution in [0.5, 0.6) is 0 Å². The normalized spacial score (nSPS) is 14.4. The maximum absolute atomic E-state index is 12.5. The van der Waals surface area contributed by atoms with Gasteiger partial charge in [-0.3, -0.25) is 0 Å². The summed E-state index contributed by atoms with van der Waals surface area (Å²) in [6.45, 7) is 3.58. The summed E-state index contributed by atoms with van der Waals surface area (Å²) in [5.74, 6) is 0.583. The monoisotopic (exact) mass is 304 g/mol. The molecule has 0 saturated carbocycles. The van der Waals surface area contributed by atoms with E-state index >= 15 is 0 Å². The Bertz CT molecular complexity index is 811. The lowest BCUT2D eigenvalue weighted by Crippen LogP contribution is -2.51. The first-order chi connectivity index (χ1) is 9.89. The van der Waals surface area contributed by atoms with Crippen molar-refractivity contribution in [2.45, 2.75) is 18.7 Å². The third kappa shape index (κ3) is 2.26. The Morgan fingerprint density at radius 2 is 1.90 bits per heavy atom. The van der Waals surface area contributed by atoms with Gasteiger partial charge in [0, 0.05) is 5.56 Å². The van der Waals surface area contributed by atoms with E-state index in [1.807, 2.05) is 6.92 Å². The molecular formula is C13H13BN2O4S. The Balaban J connectivity index is 2.03. The molecule has 0 spiro atoms. The van der Waals surface area contributed by atoms with E-state index in [-0.39, 0.29) is 10.6 Å². The molecule has 0 amide bonds. The molecular weight excluding hydrogens is 291 g/mol. The molecule has 0 aliphatic carbocycles. The quantitative estimate of drug-likeness (QED) is 0.825. The molecule has 0 saturated heterocycles. The predicted molar refractivity (Wildman–Crippen MR) is 78.8 cm³/mol.